The molecule has 0 fully saturated rings. The highest BCUT2D eigenvalue weighted by Crippen LogP contribution is 2.24. The minimum absolute atomic E-state index is 0.000718. The van der Waals surface area contributed by atoms with Crippen LogP contribution in [0.5, 0.6) is 0 Å². The van der Waals surface area contributed by atoms with Crippen LogP contribution in [-0.2, 0) is 9.05 Å². The first-order chi connectivity index (χ1) is 8.66. The number of nitrogens with zero attached hydrogens (tertiary/aromatic N) is 1. The van der Waals surface area contributed by atoms with E-state index in [1.165, 1.54) is 13.0 Å². The lowest BCUT2D eigenvalue weighted by Gasteiger charge is -2.21. The summed E-state index contributed by atoms with van der Waals surface area (Å²) in [5.41, 5.74) is 0. The Kier molecular flexibility index (Phi) is 5.04. The van der Waals surface area contributed by atoms with Gasteiger partial charge in [0.2, 0.25) is 0 Å². The van der Waals surface area contributed by atoms with E-state index in [1.54, 1.807) is 4.90 Å². The van der Waals surface area contributed by atoms with Crippen LogP contribution >= 0.6 is 10.7 Å². The summed E-state index contributed by atoms with van der Waals surface area (Å²) in [5, 5.41) is 0. The van der Waals surface area contributed by atoms with Crippen LogP contribution in [0, 0.1) is 12.8 Å². The average molecular weight is 308 g/mol. The van der Waals surface area contributed by atoms with Crippen LogP contribution in [0.25, 0.3) is 0 Å². The van der Waals surface area contributed by atoms with Crippen molar-refractivity contribution in [1.29, 1.82) is 0 Å². The molecule has 0 radical (unpaired) electrons. The van der Waals surface area contributed by atoms with Gasteiger partial charge in [0.15, 0.2) is 5.76 Å². The summed E-state index contributed by atoms with van der Waals surface area (Å²) in [5.74, 6) is 0.111. The number of aryl methyl sites for hydroxylation is 1. The Labute approximate surface area is 117 Å². The Morgan fingerprint density at radius 2 is 2.05 bits per heavy atom. The van der Waals surface area contributed by atoms with Crippen molar-refractivity contribution in [3.63, 3.8) is 0 Å². The van der Waals surface area contributed by atoms with Crippen molar-refractivity contribution in [3.8, 4) is 0 Å². The number of hydrogen-bond donors (Lipinski definition) is 0. The van der Waals surface area contributed by atoms with Gasteiger partial charge in [-0.2, -0.15) is 0 Å². The largest absolute Gasteiger partial charge is 0.455 e. The van der Waals surface area contributed by atoms with Gasteiger partial charge in [-0.3, -0.25) is 4.79 Å². The van der Waals surface area contributed by atoms with Crippen molar-refractivity contribution in [2.75, 3.05) is 13.1 Å². The second-order valence-electron chi connectivity index (χ2n) is 4.71. The summed E-state index contributed by atoms with van der Waals surface area (Å²) in [6.45, 7) is 8.42. The van der Waals surface area contributed by atoms with E-state index in [9.17, 15) is 13.2 Å². The summed E-state index contributed by atoms with van der Waals surface area (Å²) in [6, 6.07) is 1.18. The number of rotatable bonds is 5. The number of amides is 1. The highest BCUT2D eigenvalue weighted by molar-refractivity contribution is 8.13. The molecule has 0 atom stereocenters. The third-order valence-corrected chi connectivity index (χ3v) is 4.03. The molecule has 5 nitrogen and oxygen atoms in total. The van der Waals surface area contributed by atoms with Crippen LogP contribution in [0.2, 0.25) is 0 Å². The van der Waals surface area contributed by atoms with Crippen LogP contribution in [0.1, 0.15) is 37.1 Å². The fraction of sp³-hybridized carbons (Fsp3) is 0.583. The summed E-state index contributed by atoms with van der Waals surface area (Å²) in [7, 11) is 1.37. The molecule has 0 spiro atoms. The summed E-state index contributed by atoms with van der Waals surface area (Å²) >= 11 is 0. The molecule has 0 aliphatic carbocycles. The van der Waals surface area contributed by atoms with Gasteiger partial charge in [0.05, 0.1) is 0 Å². The zero-order chi connectivity index (χ0) is 14.8. The van der Waals surface area contributed by atoms with E-state index in [4.69, 9.17) is 15.1 Å². The average Bonchev–Trinajstić information content (AvgIpc) is 2.66. The molecule has 1 aromatic rings. The van der Waals surface area contributed by atoms with Gasteiger partial charge in [-0.25, -0.2) is 8.42 Å². The van der Waals surface area contributed by atoms with Gasteiger partial charge in [-0.1, -0.05) is 13.8 Å². The van der Waals surface area contributed by atoms with E-state index in [2.05, 4.69) is 0 Å². The van der Waals surface area contributed by atoms with E-state index in [0.29, 0.717) is 19.0 Å². The lowest BCUT2D eigenvalue weighted by atomic mass is 10.2. The number of carbonyl (C=O) groups is 1. The van der Waals surface area contributed by atoms with Crippen molar-refractivity contribution in [3.05, 3.63) is 17.6 Å². The Morgan fingerprint density at radius 1 is 1.47 bits per heavy atom. The highest BCUT2D eigenvalue weighted by Gasteiger charge is 2.25. The molecule has 0 bridgehead atoms. The quantitative estimate of drug-likeness (QED) is 0.784. The number of furan rings is 1. The third-order valence-electron chi connectivity index (χ3n) is 2.60. The minimum atomic E-state index is -3.89. The fourth-order valence-electron chi connectivity index (χ4n) is 1.77. The molecule has 108 valence electrons. The van der Waals surface area contributed by atoms with E-state index in [-0.39, 0.29) is 22.3 Å². The Morgan fingerprint density at radius 3 is 2.42 bits per heavy atom. The molecule has 0 aliphatic rings. The van der Waals surface area contributed by atoms with Crippen molar-refractivity contribution in [1.82, 2.24) is 4.90 Å². The monoisotopic (exact) mass is 307 g/mol. The first-order valence-electron chi connectivity index (χ1n) is 6.01. The Balaban J connectivity index is 3.07. The first-order valence-corrected chi connectivity index (χ1v) is 8.32. The normalized spacial score (nSPS) is 11.9. The number of halogens is 1. The maximum Gasteiger partial charge on any atom is 0.289 e. The zero-order valence-electron chi connectivity index (χ0n) is 11.4. The van der Waals surface area contributed by atoms with Crippen LogP contribution in [0.4, 0.5) is 0 Å². The second-order valence-corrected chi connectivity index (χ2v) is 7.24. The molecule has 0 aromatic carbocycles. The molecule has 1 heterocycles. The topological polar surface area (TPSA) is 67.6 Å². The molecular weight excluding hydrogens is 290 g/mol. The molecule has 0 aliphatic heterocycles. The van der Waals surface area contributed by atoms with Crippen molar-refractivity contribution < 1.29 is 17.6 Å². The van der Waals surface area contributed by atoms with Crippen molar-refractivity contribution in [2.24, 2.45) is 5.92 Å². The summed E-state index contributed by atoms with van der Waals surface area (Å²) < 4.78 is 27.8. The maximum absolute atomic E-state index is 12.2. The molecule has 7 heteroatoms. The summed E-state index contributed by atoms with van der Waals surface area (Å²) in [4.78, 5) is 13.6. The van der Waals surface area contributed by atoms with Gasteiger partial charge < -0.3 is 9.32 Å². The fourth-order valence-corrected chi connectivity index (χ4v) is 2.86. The minimum Gasteiger partial charge on any atom is -0.455 e. The smallest absolute Gasteiger partial charge is 0.289 e. The molecule has 1 aromatic heterocycles. The van der Waals surface area contributed by atoms with Gasteiger partial charge in [0.25, 0.3) is 15.0 Å². The predicted octanol–water partition coefficient (Wildman–Crippen LogP) is 2.63. The Bertz CT molecular complexity index is 562. The molecule has 0 saturated heterocycles. The van der Waals surface area contributed by atoms with Gasteiger partial charge in [-0.05, 0) is 19.8 Å². The van der Waals surface area contributed by atoms with E-state index in [1.807, 2.05) is 20.8 Å². The van der Waals surface area contributed by atoms with Crippen LogP contribution in [0.3, 0.4) is 0 Å². The molecule has 0 unspecified atom stereocenters. The highest BCUT2D eigenvalue weighted by atomic mass is 35.7. The van der Waals surface area contributed by atoms with Crippen molar-refractivity contribution >= 4 is 25.6 Å². The van der Waals surface area contributed by atoms with Gasteiger partial charge in [0, 0.05) is 29.8 Å². The Hall–Kier alpha value is -1.01. The molecule has 19 heavy (non-hydrogen) atoms. The molecule has 0 N–H and O–H groups in total. The number of carbonyl (C=O) groups excluding carboxylic acids is 1. The third kappa shape index (κ3) is 3.98. The van der Waals surface area contributed by atoms with Crippen LogP contribution in [0.15, 0.2) is 15.4 Å². The lowest BCUT2D eigenvalue weighted by molar-refractivity contribution is 0.0712. The van der Waals surface area contributed by atoms with Gasteiger partial charge in [-0.15, -0.1) is 0 Å². The molecule has 0 saturated carbocycles. The zero-order valence-corrected chi connectivity index (χ0v) is 13.0. The van der Waals surface area contributed by atoms with E-state index in [0.717, 1.165) is 0 Å². The van der Waals surface area contributed by atoms with Crippen LogP contribution < -0.4 is 0 Å². The first kappa shape index (κ1) is 16.0. The maximum atomic E-state index is 12.2. The molecular formula is C12H18ClNO4S. The van der Waals surface area contributed by atoms with Crippen molar-refractivity contribution in [2.45, 2.75) is 32.6 Å². The van der Waals surface area contributed by atoms with E-state index >= 15 is 0 Å². The number of hydrogen-bond acceptors (Lipinski definition) is 4. The predicted molar refractivity (Wildman–Crippen MR) is 72.9 cm³/mol. The van der Waals surface area contributed by atoms with Crippen LogP contribution in [-0.4, -0.2) is 32.3 Å². The van der Waals surface area contributed by atoms with Gasteiger partial charge >= 0.3 is 0 Å². The second kappa shape index (κ2) is 5.96. The SMILES string of the molecule is CCN(CC(C)C)C(=O)c1cc(S(=O)(=O)Cl)c(C)o1. The van der Waals surface area contributed by atoms with Gasteiger partial charge in [0.1, 0.15) is 10.7 Å². The van der Waals surface area contributed by atoms with E-state index < -0.39 is 9.05 Å². The molecule has 1 rings (SSSR count). The standard InChI is InChI=1S/C12H18ClNO4S/c1-5-14(7-8(2)3)12(15)10-6-11(9(4)18-10)19(13,16)17/h6,8H,5,7H2,1-4H3. The summed E-state index contributed by atoms with van der Waals surface area (Å²) in [6.07, 6.45) is 0. The lowest BCUT2D eigenvalue weighted by Crippen LogP contribution is -2.33. The molecule has 1 amide bonds.